The van der Waals surface area contributed by atoms with Crippen LogP contribution in [0.3, 0.4) is 0 Å². The van der Waals surface area contributed by atoms with Gasteiger partial charge in [0.1, 0.15) is 17.9 Å². The van der Waals surface area contributed by atoms with Crippen LogP contribution in [0.4, 0.5) is 0 Å². The molecule has 0 atom stereocenters. The van der Waals surface area contributed by atoms with Gasteiger partial charge >= 0.3 is 5.97 Å². The van der Waals surface area contributed by atoms with Gasteiger partial charge in [0.2, 0.25) is 0 Å². The second-order valence-electron chi connectivity index (χ2n) is 2.94. The van der Waals surface area contributed by atoms with E-state index in [0.29, 0.717) is 11.3 Å². The van der Waals surface area contributed by atoms with Gasteiger partial charge in [-0.1, -0.05) is 11.8 Å². The van der Waals surface area contributed by atoms with Crippen molar-refractivity contribution in [2.45, 2.75) is 6.42 Å². The zero-order valence-corrected chi connectivity index (χ0v) is 9.11. The minimum Gasteiger partial charge on any atom is -0.508 e. The Balaban J connectivity index is 2.86. The third-order valence-electron chi connectivity index (χ3n) is 1.87. The highest BCUT2D eigenvalue weighted by Gasteiger charge is 2.01. The van der Waals surface area contributed by atoms with Crippen molar-refractivity contribution in [1.29, 1.82) is 0 Å². The Labute approximate surface area is 93.8 Å². The Kier molecular flexibility index (Phi) is 4.22. The van der Waals surface area contributed by atoms with Crippen LogP contribution in [-0.2, 0) is 9.53 Å². The standard InChI is InChI=1S/C12H12O4/c1-15-11-7-6-10(13)8-9(11)4-3-5-12(14)16-2/h6-8,13H,5H2,1-2H3. The highest BCUT2D eigenvalue weighted by atomic mass is 16.5. The summed E-state index contributed by atoms with van der Waals surface area (Å²) in [7, 11) is 2.82. The van der Waals surface area contributed by atoms with E-state index in [9.17, 15) is 9.90 Å². The van der Waals surface area contributed by atoms with E-state index >= 15 is 0 Å². The maximum atomic E-state index is 10.8. The first-order valence-corrected chi connectivity index (χ1v) is 4.60. The summed E-state index contributed by atoms with van der Waals surface area (Å²) >= 11 is 0. The highest BCUT2D eigenvalue weighted by molar-refractivity contribution is 5.72. The van der Waals surface area contributed by atoms with Crippen LogP contribution in [0.2, 0.25) is 0 Å². The van der Waals surface area contributed by atoms with Gasteiger partial charge in [-0.05, 0) is 18.2 Å². The van der Waals surface area contributed by atoms with E-state index < -0.39 is 5.97 Å². The van der Waals surface area contributed by atoms with Crippen LogP contribution in [0.1, 0.15) is 12.0 Å². The van der Waals surface area contributed by atoms with E-state index in [0.717, 1.165) is 0 Å². The Morgan fingerprint density at radius 2 is 2.19 bits per heavy atom. The van der Waals surface area contributed by atoms with E-state index in [1.807, 2.05) is 0 Å². The fraction of sp³-hybridized carbons (Fsp3) is 0.250. The summed E-state index contributed by atoms with van der Waals surface area (Å²) in [6.07, 6.45) is 0.00924. The molecule has 0 unspecified atom stereocenters. The maximum absolute atomic E-state index is 10.8. The summed E-state index contributed by atoms with van der Waals surface area (Å²) in [6.45, 7) is 0. The molecule has 4 nitrogen and oxygen atoms in total. The molecule has 1 aromatic rings. The topological polar surface area (TPSA) is 55.8 Å². The van der Waals surface area contributed by atoms with E-state index in [1.54, 1.807) is 6.07 Å². The second kappa shape index (κ2) is 5.66. The smallest absolute Gasteiger partial charge is 0.317 e. The molecule has 1 aromatic carbocycles. The number of methoxy groups -OCH3 is 2. The average molecular weight is 220 g/mol. The van der Waals surface area contributed by atoms with Crippen LogP contribution in [0, 0.1) is 11.8 Å². The number of esters is 1. The Morgan fingerprint density at radius 3 is 2.81 bits per heavy atom. The number of phenolic OH excluding ortho intramolecular Hbond substituents is 1. The van der Waals surface area contributed by atoms with Gasteiger partial charge in [0.05, 0.1) is 19.8 Å². The lowest BCUT2D eigenvalue weighted by Crippen LogP contribution is -1.97. The minimum atomic E-state index is -0.397. The van der Waals surface area contributed by atoms with Gasteiger partial charge in [-0.3, -0.25) is 4.79 Å². The molecule has 1 N–H and O–H groups in total. The van der Waals surface area contributed by atoms with Crippen molar-refractivity contribution in [3.63, 3.8) is 0 Å². The largest absolute Gasteiger partial charge is 0.508 e. The number of hydrogen-bond donors (Lipinski definition) is 1. The SMILES string of the molecule is COC(=O)CC#Cc1cc(O)ccc1OC. The lowest BCUT2D eigenvalue weighted by molar-refractivity contribution is -0.139. The van der Waals surface area contributed by atoms with Gasteiger partial charge in [-0.25, -0.2) is 0 Å². The van der Waals surface area contributed by atoms with E-state index in [-0.39, 0.29) is 12.2 Å². The molecule has 0 amide bonds. The Hall–Kier alpha value is -2.15. The van der Waals surface area contributed by atoms with Crippen LogP contribution in [0.25, 0.3) is 0 Å². The van der Waals surface area contributed by atoms with Gasteiger partial charge in [-0.15, -0.1) is 0 Å². The second-order valence-corrected chi connectivity index (χ2v) is 2.94. The molecule has 0 aliphatic heterocycles. The number of hydrogen-bond acceptors (Lipinski definition) is 4. The first kappa shape index (κ1) is 11.9. The molecule has 0 saturated heterocycles. The third kappa shape index (κ3) is 3.21. The third-order valence-corrected chi connectivity index (χ3v) is 1.87. The van der Waals surface area contributed by atoms with Crippen molar-refractivity contribution in [3.8, 4) is 23.3 Å². The molecule has 0 radical (unpaired) electrons. The molecule has 0 saturated carbocycles. The van der Waals surface area contributed by atoms with Crippen LogP contribution in [-0.4, -0.2) is 25.3 Å². The predicted octanol–water partition coefficient (Wildman–Crippen LogP) is 1.32. The van der Waals surface area contributed by atoms with Gasteiger partial charge < -0.3 is 14.6 Å². The predicted molar refractivity (Wildman–Crippen MR) is 58.2 cm³/mol. The fourth-order valence-corrected chi connectivity index (χ4v) is 1.08. The molecule has 1 rings (SSSR count). The van der Waals surface area contributed by atoms with Crippen molar-refractivity contribution in [3.05, 3.63) is 23.8 Å². The van der Waals surface area contributed by atoms with Crippen molar-refractivity contribution in [2.24, 2.45) is 0 Å². The molecule has 0 aliphatic rings. The summed E-state index contributed by atoms with van der Waals surface area (Å²) in [4.78, 5) is 10.8. The van der Waals surface area contributed by atoms with Gasteiger partial charge in [0.15, 0.2) is 0 Å². The zero-order chi connectivity index (χ0) is 12.0. The Bertz CT molecular complexity index is 440. The number of ether oxygens (including phenoxy) is 2. The Morgan fingerprint density at radius 1 is 1.44 bits per heavy atom. The molecular weight excluding hydrogens is 208 g/mol. The number of carbonyl (C=O) groups is 1. The lowest BCUT2D eigenvalue weighted by atomic mass is 10.2. The van der Waals surface area contributed by atoms with Crippen molar-refractivity contribution < 1.29 is 19.4 Å². The van der Waals surface area contributed by atoms with Crippen molar-refractivity contribution >= 4 is 5.97 Å². The van der Waals surface area contributed by atoms with Gasteiger partial charge in [0.25, 0.3) is 0 Å². The number of phenols is 1. The van der Waals surface area contributed by atoms with Crippen molar-refractivity contribution in [2.75, 3.05) is 14.2 Å². The number of aromatic hydroxyl groups is 1. The van der Waals surface area contributed by atoms with E-state index in [2.05, 4.69) is 16.6 Å². The minimum absolute atomic E-state index is 0.00924. The number of rotatable bonds is 2. The first-order valence-electron chi connectivity index (χ1n) is 4.60. The van der Waals surface area contributed by atoms with Crippen LogP contribution < -0.4 is 4.74 Å². The molecule has 84 valence electrons. The number of carbonyl (C=O) groups excluding carboxylic acids is 1. The maximum Gasteiger partial charge on any atom is 0.317 e. The highest BCUT2D eigenvalue weighted by Crippen LogP contribution is 2.21. The average Bonchev–Trinajstić information content (AvgIpc) is 2.29. The summed E-state index contributed by atoms with van der Waals surface area (Å²) < 4.78 is 9.50. The van der Waals surface area contributed by atoms with E-state index in [4.69, 9.17) is 4.74 Å². The molecule has 4 heteroatoms. The van der Waals surface area contributed by atoms with E-state index in [1.165, 1.54) is 26.4 Å². The summed E-state index contributed by atoms with van der Waals surface area (Å²) in [5.41, 5.74) is 0.534. The summed E-state index contributed by atoms with van der Waals surface area (Å²) in [5.74, 6) is 5.63. The summed E-state index contributed by atoms with van der Waals surface area (Å²) in [5, 5.41) is 9.27. The molecule has 0 aliphatic carbocycles. The monoisotopic (exact) mass is 220 g/mol. The first-order chi connectivity index (χ1) is 7.67. The van der Waals surface area contributed by atoms with Gasteiger partial charge in [-0.2, -0.15) is 0 Å². The lowest BCUT2D eigenvalue weighted by Gasteiger charge is -2.02. The fourth-order valence-electron chi connectivity index (χ4n) is 1.08. The molecule has 0 aromatic heterocycles. The molecule has 0 spiro atoms. The molecule has 16 heavy (non-hydrogen) atoms. The zero-order valence-electron chi connectivity index (χ0n) is 9.11. The molecule has 0 bridgehead atoms. The van der Waals surface area contributed by atoms with Crippen molar-refractivity contribution in [1.82, 2.24) is 0 Å². The van der Waals surface area contributed by atoms with Crippen LogP contribution in [0.5, 0.6) is 11.5 Å². The van der Waals surface area contributed by atoms with Gasteiger partial charge in [0, 0.05) is 0 Å². The quantitative estimate of drug-likeness (QED) is 0.603. The molecule has 0 fully saturated rings. The van der Waals surface area contributed by atoms with Crippen LogP contribution >= 0.6 is 0 Å². The normalized spacial score (nSPS) is 8.88. The molecular formula is C12H12O4. The number of benzene rings is 1. The van der Waals surface area contributed by atoms with Crippen LogP contribution in [0.15, 0.2) is 18.2 Å². The summed E-state index contributed by atoms with van der Waals surface area (Å²) in [6, 6.07) is 4.59. The molecule has 0 heterocycles.